The standard InChI is InChI=1S/C15H20Cl2N2O4/c16-10-4-9(12(21)5-11(10)17)14(18)8-2-1-3-19(6-8)15(23)13(22)7-20/h4-5,8,13-14,20-22H,1-3,6-7,18H2/t8-,13?,14?/m1/s1. The molecule has 3 atom stereocenters. The van der Waals surface area contributed by atoms with Crippen molar-refractivity contribution in [1.29, 1.82) is 0 Å². The summed E-state index contributed by atoms with van der Waals surface area (Å²) in [6.45, 7) is 0.239. The fourth-order valence-electron chi connectivity index (χ4n) is 2.86. The van der Waals surface area contributed by atoms with Crippen LogP contribution >= 0.6 is 23.2 Å². The molecule has 1 aliphatic heterocycles. The molecule has 1 fully saturated rings. The maximum atomic E-state index is 12.0. The van der Waals surface area contributed by atoms with Crippen LogP contribution in [0, 0.1) is 5.92 Å². The highest BCUT2D eigenvalue weighted by atomic mass is 35.5. The quantitative estimate of drug-likeness (QED) is 0.645. The molecule has 2 rings (SSSR count). The molecule has 0 radical (unpaired) electrons. The molecule has 1 aromatic rings. The summed E-state index contributed by atoms with van der Waals surface area (Å²) in [5.74, 6) is -0.643. The van der Waals surface area contributed by atoms with Crippen LogP contribution in [0.25, 0.3) is 0 Å². The van der Waals surface area contributed by atoms with Crippen molar-refractivity contribution >= 4 is 29.1 Å². The molecule has 6 nitrogen and oxygen atoms in total. The summed E-state index contributed by atoms with van der Waals surface area (Å²) in [6.07, 6.45) is 0.0906. The first-order chi connectivity index (χ1) is 10.8. The van der Waals surface area contributed by atoms with E-state index < -0.39 is 24.7 Å². The number of carbonyl (C=O) groups excluding carboxylic acids is 1. The number of likely N-dealkylation sites (tertiary alicyclic amines) is 1. The minimum atomic E-state index is -1.41. The molecule has 0 bridgehead atoms. The molecule has 0 saturated carbocycles. The predicted molar refractivity (Wildman–Crippen MR) is 87.5 cm³/mol. The Morgan fingerprint density at radius 2 is 2.04 bits per heavy atom. The highest BCUT2D eigenvalue weighted by Gasteiger charge is 2.32. The molecule has 1 aromatic carbocycles. The van der Waals surface area contributed by atoms with Gasteiger partial charge in [-0.25, -0.2) is 0 Å². The average molecular weight is 363 g/mol. The van der Waals surface area contributed by atoms with E-state index in [9.17, 15) is 15.0 Å². The van der Waals surface area contributed by atoms with Gasteiger partial charge in [-0.05, 0) is 24.8 Å². The van der Waals surface area contributed by atoms with E-state index in [0.717, 1.165) is 12.8 Å². The second kappa shape index (κ2) is 7.68. The third-order valence-corrected chi connectivity index (χ3v) is 4.89. The van der Waals surface area contributed by atoms with Crippen LogP contribution in [0.3, 0.4) is 0 Å². The summed E-state index contributed by atoms with van der Waals surface area (Å²) in [7, 11) is 0. The third kappa shape index (κ3) is 4.08. The van der Waals surface area contributed by atoms with E-state index in [-0.39, 0.29) is 16.7 Å². The number of aliphatic hydroxyl groups is 2. The molecule has 128 valence electrons. The van der Waals surface area contributed by atoms with Crippen molar-refractivity contribution in [3.05, 3.63) is 27.7 Å². The van der Waals surface area contributed by atoms with Gasteiger partial charge in [0.1, 0.15) is 5.75 Å². The van der Waals surface area contributed by atoms with Crippen LogP contribution in [-0.2, 0) is 4.79 Å². The van der Waals surface area contributed by atoms with Gasteiger partial charge in [0.05, 0.1) is 16.7 Å². The van der Waals surface area contributed by atoms with Crippen molar-refractivity contribution in [3.8, 4) is 5.75 Å². The maximum absolute atomic E-state index is 12.0. The highest BCUT2D eigenvalue weighted by Crippen LogP contribution is 2.37. The lowest BCUT2D eigenvalue weighted by molar-refractivity contribution is -0.144. The normalized spacial score (nSPS) is 21.1. The van der Waals surface area contributed by atoms with E-state index in [4.69, 9.17) is 34.0 Å². The average Bonchev–Trinajstić information content (AvgIpc) is 2.56. The van der Waals surface area contributed by atoms with E-state index in [1.807, 2.05) is 0 Å². The fourth-order valence-corrected chi connectivity index (χ4v) is 3.19. The number of phenols is 1. The third-order valence-electron chi connectivity index (χ3n) is 4.16. The smallest absolute Gasteiger partial charge is 0.253 e. The van der Waals surface area contributed by atoms with Crippen LogP contribution < -0.4 is 5.73 Å². The van der Waals surface area contributed by atoms with Crippen molar-refractivity contribution in [3.63, 3.8) is 0 Å². The number of phenolic OH excluding ortho intramolecular Hbond substituents is 1. The van der Waals surface area contributed by atoms with Crippen molar-refractivity contribution in [2.24, 2.45) is 11.7 Å². The fraction of sp³-hybridized carbons (Fsp3) is 0.533. The molecular formula is C15H20Cl2N2O4. The number of hydrogen-bond donors (Lipinski definition) is 4. The topological polar surface area (TPSA) is 107 Å². The number of rotatable bonds is 4. The van der Waals surface area contributed by atoms with Gasteiger partial charge in [0.2, 0.25) is 0 Å². The molecule has 8 heteroatoms. The number of hydrogen-bond acceptors (Lipinski definition) is 5. The van der Waals surface area contributed by atoms with E-state index in [0.29, 0.717) is 23.7 Å². The number of piperidine rings is 1. The molecule has 0 aliphatic carbocycles. The zero-order valence-electron chi connectivity index (χ0n) is 12.5. The van der Waals surface area contributed by atoms with Crippen LogP contribution in [0.5, 0.6) is 5.75 Å². The lowest BCUT2D eigenvalue weighted by Gasteiger charge is -2.36. The molecule has 1 amide bonds. The number of carbonyl (C=O) groups is 1. The molecule has 2 unspecified atom stereocenters. The maximum Gasteiger partial charge on any atom is 0.253 e. The Bertz CT molecular complexity index is 585. The molecule has 23 heavy (non-hydrogen) atoms. The predicted octanol–water partition coefficient (Wildman–Crippen LogP) is 1.29. The Hall–Kier alpha value is -1.05. The summed E-state index contributed by atoms with van der Waals surface area (Å²) in [5.41, 5.74) is 6.72. The Kier molecular flexibility index (Phi) is 6.11. The number of nitrogens with two attached hydrogens (primary N) is 1. The minimum absolute atomic E-state index is 0.0363. The van der Waals surface area contributed by atoms with Crippen LogP contribution in [0.15, 0.2) is 12.1 Å². The van der Waals surface area contributed by atoms with Crippen LogP contribution in [0.2, 0.25) is 10.0 Å². The second-order valence-corrected chi connectivity index (χ2v) is 6.55. The first-order valence-corrected chi connectivity index (χ1v) is 8.12. The van der Waals surface area contributed by atoms with Gasteiger partial charge in [0, 0.05) is 30.8 Å². The molecule has 1 aliphatic rings. The van der Waals surface area contributed by atoms with Gasteiger partial charge in [-0.15, -0.1) is 0 Å². The van der Waals surface area contributed by atoms with E-state index in [1.165, 1.54) is 17.0 Å². The zero-order chi connectivity index (χ0) is 17.1. The van der Waals surface area contributed by atoms with Gasteiger partial charge in [0.25, 0.3) is 5.91 Å². The first kappa shape index (κ1) is 18.3. The number of aliphatic hydroxyl groups excluding tert-OH is 2. The summed E-state index contributed by atoms with van der Waals surface area (Å²) in [6, 6.07) is 2.36. The van der Waals surface area contributed by atoms with Gasteiger partial charge in [-0.3, -0.25) is 4.79 Å². The van der Waals surface area contributed by atoms with Crippen LogP contribution in [0.1, 0.15) is 24.4 Å². The summed E-state index contributed by atoms with van der Waals surface area (Å²) < 4.78 is 0. The Morgan fingerprint density at radius 3 is 2.70 bits per heavy atom. The molecule has 0 spiro atoms. The number of nitrogens with zero attached hydrogens (tertiary/aromatic N) is 1. The molecule has 1 saturated heterocycles. The molecular weight excluding hydrogens is 343 g/mol. The SMILES string of the molecule is NC(c1cc(Cl)c(Cl)cc1O)[C@@H]1CCCN(C(=O)C(O)CO)C1. The van der Waals surface area contributed by atoms with Crippen LogP contribution in [-0.4, -0.2) is 51.9 Å². The van der Waals surface area contributed by atoms with E-state index in [1.54, 1.807) is 0 Å². The van der Waals surface area contributed by atoms with E-state index >= 15 is 0 Å². The summed E-state index contributed by atoms with van der Waals surface area (Å²) in [4.78, 5) is 13.5. The second-order valence-electron chi connectivity index (χ2n) is 5.74. The largest absolute Gasteiger partial charge is 0.508 e. The van der Waals surface area contributed by atoms with Crippen molar-refractivity contribution < 1.29 is 20.1 Å². The Morgan fingerprint density at radius 1 is 1.39 bits per heavy atom. The summed E-state index contributed by atoms with van der Waals surface area (Å²) >= 11 is 11.8. The lowest BCUT2D eigenvalue weighted by atomic mass is 9.86. The highest BCUT2D eigenvalue weighted by molar-refractivity contribution is 6.42. The molecule has 1 heterocycles. The van der Waals surface area contributed by atoms with Gasteiger partial charge in [0.15, 0.2) is 6.10 Å². The number of benzene rings is 1. The van der Waals surface area contributed by atoms with Gasteiger partial charge in [-0.2, -0.15) is 0 Å². The molecule has 0 aromatic heterocycles. The van der Waals surface area contributed by atoms with Gasteiger partial charge < -0.3 is 26.0 Å². The van der Waals surface area contributed by atoms with Crippen LogP contribution in [0.4, 0.5) is 0 Å². The number of halogens is 2. The lowest BCUT2D eigenvalue weighted by Crippen LogP contribution is -2.47. The van der Waals surface area contributed by atoms with Crippen molar-refractivity contribution in [2.75, 3.05) is 19.7 Å². The Labute approximate surface area is 144 Å². The first-order valence-electron chi connectivity index (χ1n) is 7.36. The van der Waals surface area contributed by atoms with Crippen molar-refractivity contribution in [2.45, 2.75) is 25.0 Å². The molecule has 5 N–H and O–H groups in total. The Balaban J connectivity index is 2.15. The summed E-state index contributed by atoms with van der Waals surface area (Å²) in [5, 5.41) is 29.0. The number of amides is 1. The van der Waals surface area contributed by atoms with E-state index in [2.05, 4.69) is 0 Å². The monoisotopic (exact) mass is 362 g/mol. The number of aromatic hydroxyl groups is 1. The van der Waals surface area contributed by atoms with Gasteiger partial charge in [-0.1, -0.05) is 23.2 Å². The van der Waals surface area contributed by atoms with Gasteiger partial charge >= 0.3 is 0 Å². The minimum Gasteiger partial charge on any atom is -0.508 e. The van der Waals surface area contributed by atoms with Crippen molar-refractivity contribution in [1.82, 2.24) is 4.90 Å². The zero-order valence-corrected chi connectivity index (χ0v) is 14.0.